The van der Waals surface area contributed by atoms with Crippen LogP contribution in [0.25, 0.3) is 16.7 Å². The number of para-hydroxylation sites is 2. The van der Waals surface area contributed by atoms with Crippen molar-refractivity contribution in [3.8, 4) is 0 Å². The molecule has 16 heteroatoms. The molecule has 0 spiro atoms. The Morgan fingerprint density at radius 1 is 1.06 bits per heavy atom. The number of fused-ring (bicyclic) bond motifs is 2. The molecule has 1 fully saturated rings. The van der Waals surface area contributed by atoms with E-state index >= 15 is 0 Å². The van der Waals surface area contributed by atoms with Crippen molar-refractivity contribution in [3.63, 3.8) is 0 Å². The van der Waals surface area contributed by atoms with E-state index < -0.39 is 24.2 Å². The summed E-state index contributed by atoms with van der Waals surface area (Å²) in [7, 11) is 5.00. The first kappa shape index (κ1) is 37.2. The van der Waals surface area contributed by atoms with E-state index in [4.69, 9.17) is 4.79 Å². The van der Waals surface area contributed by atoms with Crippen LogP contribution in [-0.2, 0) is 34.3 Å². The number of anilines is 3. The summed E-state index contributed by atoms with van der Waals surface area (Å²) < 4.78 is 18.0. The molecule has 15 nitrogen and oxygen atoms in total. The Balaban J connectivity index is 0.00000168. The zero-order valence-corrected chi connectivity index (χ0v) is 29.3. The third kappa shape index (κ3) is 7.95. The van der Waals surface area contributed by atoms with Crippen molar-refractivity contribution in [3.05, 3.63) is 82.0 Å². The highest BCUT2D eigenvalue weighted by atomic mass is 19.1. The van der Waals surface area contributed by atoms with Crippen LogP contribution >= 0.6 is 0 Å². The van der Waals surface area contributed by atoms with Gasteiger partial charge in [-0.25, -0.2) is 18.7 Å². The predicted molar refractivity (Wildman–Crippen MR) is 195 cm³/mol. The largest absolute Gasteiger partial charge is 0.385 e. The zero-order valence-electron chi connectivity index (χ0n) is 29.3. The molecule has 3 heterocycles. The number of amides is 3. The molecule has 1 aliphatic carbocycles. The lowest BCUT2D eigenvalue weighted by Crippen LogP contribution is -2.36. The van der Waals surface area contributed by atoms with Gasteiger partial charge in [0, 0.05) is 45.7 Å². The van der Waals surface area contributed by atoms with E-state index in [1.54, 1.807) is 18.7 Å². The summed E-state index contributed by atoms with van der Waals surface area (Å²) in [5, 5.41) is 16.5. The molecule has 2 aromatic carbocycles. The minimum atomic E-state index is -1.02. The van der Waals surface area contributed by atoms with E-state index in [-0.39, 0.29) is 36.5 Å². The molecule has 274 valence electrons. The summed E-state index contributed by atoms with van der Waals surface area (Å²) in [6.45, 7) is 0. The van der Waals surface area contributed by atoms with Crippen molar-refractivity contribution < 1.29 is 23.6 Å². The first-order chi connectivity index (χ1) is 25.2. The Bertz CT molecular complexity index is 2140. The molecular formula is C36H43FN10O5. The number of imidazole rings is 2. The van der Waals surface area contributed by atoms with Gasteiger partial charge in [-0.15, -0.1) is 5.10 Å². The number of nitrogens with two attached hydrogens (primary N) is 1. The number of aldehydes is 1. The van der Waals surface area contributed by atoms with Crippen LogP contribution in [-0.4, -0.2) is 74.6 Å². The van der Waals surface area contributed by atoms with Crippen LogP contribution in [0.3, 0.4) is 0 Å². The summed E-state index contributed by atoms with van der Waals surface area (Å²) >= 11 is 0. The van der Waals surface area contributed by atoms with Gasteiger partial charge in [0.25, 0.3) is 5.91 Å². The zero-order chi connectivity index (χ0) is 37.4. The number of carbonyl (C=O) groups is 4. The summed E-state index contributed by atoms with van der Waals surface area (Å²) in [5.74, 6) is -0.236. The maximum absolute atomic E-state index is 13.4. The number of nitrogens with one attached hydrogen (secondary N) is 4. The van der Waals surface area contributed by atoms with E-state index in [1.165, 1.54) is 22.3 Å². The molecular weight excluding hydrogens is 671 g/mol. The van der Waals surface area contributed by atoms with Crippen molar-refractivity contribution in [2.75, 3.05) is 24.7 Å². The normalized spacial score (nSPS) is 15.3. The van der Waals surface area contributed by atoms with Crippen molar-refractivity contribution in [2.45, 2.75) is 63.2 Å². The van der Waals surface area contributed by atoms with Crippen molar-refractivity contribution in [1.29, 1.82) is 0 Å². The lowest BCUT2D eigenvalue weighted by Gasteiger charge is -2.16. The molecule has 0 radical (unpaired) electrons. The van der Waals surface area contributed by atoms with E-state index in [2.05, 4.69) is 43.1 Å². The third-order valence-electron chi connectivity index (χ3n) is 9.03. The first-order valence-electron chi connectivity index (χ1n) is 17.0. The van der Waals surface area contributed by atoms with E-state index in [9.17, 15) is 23.6 Å². The fraction of sp³-hybridized carbons (Fsp3) is 0.361. The number of halogens is 1. The molecule has 3 amide bonds. The predicted octanol–water partition coefficient (Wildman–Crippen LogP) is 2.94. The van der Waals surface area contributed by atoms with Gasteiger partial charge in [-0.2, -0.15) is 0 Å². The number of carbonyl (C=O) groups excluding carboxylic acids is 4. The van der Waals surface area contributed by atoms with Gasteiger partial charge >= 0.3 is 5.69 Å². The third-order valence-corrected chi connectivity index (χ3v) is 9.03. The van der Waals surface area contributed by atoms with Gasteiger partial charge in [0.05, 0.1) is 29.0 Å². The van der Waals surface area contributed by atoms with Crippen LogP contribution in [0.1, 0.15) is 59.8 Å². The highest BCUT2D eigenvalue weighted by Crippen LogP contribution is 2.28. The molecule has 1 aliphatic rings. The number of aryl methyl sites for hydroxylation is 3. The van der Waals surface area contributed by atoms with Crippen LogP contribution < -0.4 is 32.7 Å². The average Bonchev–Trinajstić information content (AvgIpc) is 3.55. The van der Waals surface area contributed by atoms with Crippen molar-refractivity contribution in [2.24, 2.45) is 12.8 Å². The van der Waals surface area contributed by atoms with Crippen LogP contribution in [0.4, 0.5) is 21.6 Å². The van der Waals surface area contributed by atoms with Crippen LogP contribution in [0, 0.1) is 0 Å². The standard InChI is InChI=1S/C35H40FN9O4.CH3NO/c1-37-26-19-30(42-45-29(20-39-32(26)45)34(48)41-25-18-23(25)36)40-24-14-7-6-11-21(24)10-4-5-12-22-13-8-15-27-31(22)43(3)35(49)44(27)28(16-9-17-46)33(47)38-2;2-1-3/h6-8,11,13-15,17,19-20,23,25,28,37H,4-5,9-10,12,16,18H2,1-3H3,(H,38,47)(H,40,42)(H,41,48);1H,(H2,2,3). The fourth-order valence-electron chi connectivity index (χ4n) is 6.35. The Kier molecular flexibility index (Phi) is 12.0. The second-order valence-corrected chi connectivity index (χ2v) is 12.4. The molecule has 3 aromatic heterocycles. The van der Waals surface area contributed by atoms with Crippen molar-refractivity contribution >= 4 is 58.4 Å². The molecule has 6 rings (SSSR count). The van der Waals surface area contributed by atoms with E-state index in [0.29, 0.717) is 29.1 Å². The number of likely N-dealkylation sites (N-methyl/N-ethyl adjacent to an activating group) is 1. The van der Waals surface area contributed by atoms with Gasteiger partial charge in [-0.05, 0) is 55.4 Å². The second kappa shape index (κ2) is 16.8. The quantitative estimate of drug-likeness (QED) is 0.0799. The maximum atomic E-state index is 13.4. The summed E-state index contributed by atoms with van der Waals surface area (Å²) in [5.41, 5.74) is 9.66. The topological polar surface area (TPSA) is 200 Å². The Hall–Kier alpha value is -6.06. The van der Waals surface area contributed by atoms with Gasteiger partial charge < -0.3 is 31.8 Å². The molecule has 5 aromatic rings. The van der Waals surface area contributed by atoms with E-state index in [1.807, 2.05) is 42.5 Å². The first-order valence-corrected chi connectivity index (χ1v) is 17.0. The Morgan fingerprint density at radius 3 is 2.42 bits per heavy atom. The lowest BCUT2D eigenvalue weighted by atomic mass is 10.0. The van der Waals surface area contributed by atoms with Gasteiger partial charge in [-0.3, -0.25) is 23.5 Å². The number of unbranched alkanes of at least 4 members (excludes halogenated alkanes) is 1. The average molecular weight is 715 g/mol. The Morgan fingerprint density at radius 2 is 1.75 bits per heavy atom. The molecule has 6 N–H and O–H groups in total. The number of nitrogens with zero attached hydrogens (tertiary/aromatic N) is 5. The van der Waals surface area contributed by atoms with E-state index in [0.717, 1.165) is 54.3 Å². The Labute approximate surface area is 298 Å². The molecule has 52 heavy (non-hydrogen) atoms. The second-order valence-electron chi connectivity index (χ2n) is 12.4. The van der Waals surface area contributed by atoms with Crippen LogP contribution in [0.2, 0.25) is 0 Å². The molecule has 0 bridgehead atoms. The van der Waals surface area contributed by atoms with Gasteiger partial charge in [0.15, 0.2) is 17.2 Å². The SMILES string of the molecule is CNC(=O)C(CCC=O)n1c(=O)n(C)c2c(CCCCc3ccccc3Nc3cc(NC)c4ncc(C(=O)NC5CC5F)n4n3)cccc21.NC=O. The number of benzene rings is 2. The highest BCUT2D eigenvalue weighted by molar-refractivity contribution is 5.94. The summed E-state index contributed by atoms with van der Waals surface area (Å²) in [6, 6.07) is 14.3. The number of aromatic nitrogens is 5. The van der Waals surface area contributed by atoms with Gasteiger partial charge in [0.2, 0.25) is 12.3 Å². The number of hydrogen-bond donors (Lipinski definition) is 5. The molecule has 1 saturated carbocycles. The highest BCUT2D eigenvalue weighted by Gasteiger charge is 2.39. The number of primary amides is 1. The number of hydrogen-bond acceptors (Lipinski definition) is 9. The minimum Gasteiger partial charge on any atom is -0.385 e. The molecule has 3 atom stereocenters. The fourth-order valence-corrected chi connectivity index (χ4v) is 6.35. The molecule has 0 aliphatic heterocycles. The lowest BCUT2D eigenvalue weighted by molar-refractivity contribution is -0.124. The van der Waals surface area contributed by atoms with Gasteiger partial charge in [0.1, 0.15) is 18.5 Å². The van der Waals surface area contributed by atoms with Crippen LogP contribution in [0.15, 0.2) is 59.5 Å². The van der Waals surface area contributed by atoms with Gasteiger partial charge in [-0.1, -0.05) is 30.3 Å². The molecule has 3 unspecified atom stereocenters. The maximum Gasteiger partial charge on any atom is 0.329 e. The minimum absolute atomic E-state index is 0.169. The monoisotopic (exact) mass is 714 g/mol. The summed E-state index contributed by atoms with van der Waals surface area (Å²) in [6.07, 6.45) is 5.35. The number of rotatable bonds is 15. The van der Waals surface area contributed by atoms with Crippen LogP contribution in [0.5, 0.6) is 0 Å². The van der Waals surface area contributed by atoms with Crippen molar-refractivity contribution in [1.82, 2.24) is 34.4 Å². The number of alkyl halides is 1. The molecule has 0 saturated heterocycles. The summed E-state index contributed by atoms with van der Waals surface area (Å²) in [4.78, 5) is 63.0. The smallest absolute Gasteiger partial charge is 0.329 e.